The van der Waals surface area contributed by atoms with Gasteiger partial charge in [0.2, 0.25) is 5.91 Å². The molecule has 1 unspecified atom stereocenters. The van der Waals surface area contributed by atoms with Crippen LogP contribution >= 0.6 is 11.6 Å². The van der Waals surface area contributed by atoms with Gasteiger partial charge in [0, 0.05) is 41.5 Å². The molecule has 0 bridgehead atoms. The summed E-state index contributed by atoms with van der Waals surface area (Å²) >= 11 is 6.01. The van der Waals surface area contributed by atoms with Crippen molar-refractivity contribution >= 4 is 23.5 Å². The number of amides is 1. The minimum absolute atomic E-state index is 0.00522. The summed E-state index contributed by atoms with van der Waals surface area (Å²) < 4.78 is 15.4. The quantitative estimate of drug-likeness (QED) is 0.866. The number of carbonyl (C=O) groups excluding carboxylic acids is 1. The van der Waals surface area contributed by atoms with Crippen LogP contribution in [0.1, 0.15) is 30.0 Å². The van der Waals surface area contributed by atoms with Gasteiger partial charge in [0.25, 0.3) is 0 Å². The topological polar surface area (TPSA) is 75.4 Å². The molecule has 2 heterocycles. The molecule has 1 aliphatic rings. The van der Waals surface area contributed by atoms with Gasteiger partial charge in [-0.2, -0.15) is 5.10 Å². The van der Waals surface area contributed by atoms with Crippen LogP contribution < -0.4 is 0 Å². The molecule has 0 saturated carbocycles. The van der Waals surface area contributed by atoms with Crippen LogP contribution in [0.4, 0.5) is 4.39 Å². The van der Waals surface area contributed by atoms with Gasteiger partial charge < -0.3 is 10.0 Å². The van der Waals surface area contributed by atoms with Gasteiger partial charge in [0.15, 0.2) is 0 Å². The first kappa shape index (κ1) is 18.4. The second-order valence-electron chi connectivity index (χ2n) is 6.36. The lowest BCUT2D eigenvalue weighted by Crippen LogP contribution is -2.40. The van der Waals surface area contributed by atoms with E-state index in [1.54, 1.807) is 23.2 Å². The summed E-state index contributed by atoms with van der Waals surface area (Å²) in [6.45, 7) is 0.836. The summed E-state index contributed by atoms with van der Waals surface area (Å²) in [7, 11) is 0. The Kier molecular flexibility index (Phi) is 5.56. The van der Waals surface area contributed by atoms with E-state index in [0.717, 1.165) is 18.5 Å². The Morgan fingerprint density at radius 1 is 1.35 bits per heavy atom. The Morgan fingerprint density at radius 2 is 2.15 bits per heavy atom. The maximum atomic E-state index is 13.9. The predicted molar refractivity (Wildman–Crippen MR) is 93.5 cm³/mol. The van der Waals surface area contributed by atoms with Gasteiger partial charge in [-0.25, -0.2) is 4.39 Å². The van der Waals surface area contributed by atoms with E-state index < -0.39 is 11.8 Å². The molecule has 1 atom stereocenters. The highest BCUT2D eigenvalue weighted by Crippen LogP contribution is 2.28. The molecule has 1 aromatic carbocycles. The minimum Gasteiger partial charge on any atom is -0.480 e. The van der Waals surface area contributed by atoms with Crippen LogP contribution in [0.3, 0.4) is 0 Å². The predicted octanol–water partition coefficient (Wildman–Crippen LogP) is 2.71. The second-order valence-corrected chi connectivity index (χ2v) is 6.77. The first-order valence-corrected chi connectivity index (χ1v) is 8.77. The summed E-state index contributed by atoms with van der Waals surface area (Å²) in [5.74, 6) is -1.64. The highest BCUT2D eigenvalue weighted by molar-refractivity contribution is 6.31. The van der Waals surface area contributed by atoms with Crippen molar-refractivity contribution in [2.75, 3.05) is 13.1 Å². The van der Waals surface area contributed by atoms with E-state index >= 15 is 0 Å². The molecule has 0 radical (unpaired) electrons. The summed E-state index contributed by atoms with van der Waals surface area (Å²) in [5.41, 5.74) is 1.01. The lowest BCUT2D eigenvalue weighted by atomic mass is 9.94. The molecule has 1 fully saturated rings. The molecule has 1 aromatic heterocycles. The molecule has 3 rings (SSSR count). The van der Waals surface area contributed by atoms with E-state index in [2.05, 4.69) is 5.10 Å². The van der Waals surface area contributed by atoms with Crippen molar-refractivity contribution in [3.63, 3.8) is 0 Å². The molecule has 8 heteroatoms. The fraction of sp³-hybridized carbons (Fsp3) is 0.389. The molecule has 0 spiro atoms. The average Bonchev–Trinajstić information content (AvgIpc) is 3.05. The normalized spacial score (nSPS) is 17.3. The van der Waals surface area contributed by atoms with Crippen molar-refractivity contribution in [1.82, 2.24) is 14.7 Å². The van der Waals surface area contributed by atoms with Gasteiger partial charge in [-0.15, -0.1) is 0 Å². The number of halogens is 2. The van der Waals surface area contributed by atoms with Crippen LogP contribution in [0.25, 0.3) is 0 Å². The molecule has 26 heavy (non-hydrogen) atoms. The molecule has 6 nitrogen and oxygen atoms in total. The molecular weight excluding hydrogens is 361 g/mol. The van der Waals surface area contributed by atoms with Crippen molar-refractivity contribution in [3.05, 3.63) is 52.6 Å². The zero-order valence-corrected chi connectivity index (χ0v) is 14.8. The van der Waals surface area contributed by atoms with Crippen molar-refractivity contribution in [3.8, 4) is 0 Å². The van der Waals surface area contributed by atoms with Gasteiger partial charge >= 0.3 is 5.97 Å². The fourth-order valence-corrected chi connectivity index (χ4v) is 3.59. The third kappa shape index (κ3) is 4.04. The number of carboxylic acid groups (broad SMARTS) is 1. The number of benzene rings is 1. The monoisotopic (exact) mass is 379 g/mol. The molecule has 1 saturated heterocycles. The number of likely N-dealkylation sites (tertiary alicyclic amines) is 1. The number of carbonyl (C=O) groups is 2. The van der Waals surface area contributed by atoms with Crippen molar-refractivity contribution in [1.29, 1.82) is 0 Å². The van der Waals surface area contributed by atoms with Crippen molar-refractivity contribution in [2.45, 2.75) is 31.7 Å². The van der Waals surface area contributed by atoms with Crippen LogP contribution in [0.15, 0.2) is 30.5 Å². The number of nitrogens with zero attached hydrogens (tertiary/aromatic N) is 3. The zero-order chi connectivity index (χ0) is 18.7. The second kappa shape index (κ2) is 7.86. The summed E-state index contributed by atoms with van der Waals surface area (Å²) in [6.07, 6.45) is 3.11. The van der Waals surface area contributed by atoms with Crippen LogP contribution in [-0.2, 0) is 22.6 Å². The van der Waals surface area contributed by atoms with Gasteiger partial charge in [0.1, 0.15) is 12.4 Å². The third-order valence-electron chi connectivity index (χ3n) is 4.62. The fourth-order valence-electron chi connectivity index (χ4n) is 3.36. The van der Waals surface area contributed by atoms with Crippen LogP contribution in [0, 0.1) is 5.82 Å². The lowest BCUT2D eigenvalue weighted by Gasteiger charge is -2.33. The van der Waals surface area contributed by atoms with E-state index in [1.165, 1.54) is 16.8 Å². The van der Waals surface area contributed by atoms with Crippen LogP contribution in [0.2, 0.25) is 5.02 Å². The first-order valence-electron chi connectivity index (χ1n) is 8.40. The number of aromatic nitrogens is 2. The van der Waals surface area contributed by atoms with Crippen molar-refractivity contribution in [2.24, 2.45) is 0 Å². The number of hydrogen-bond donors (Lipinski definition) is 1. The zero-order valence-electron chi connectivity index (χ0n) is 14.1. The Labute approximate surface area is 155 Å². The molecule has 0 aliphatic carbocycles. The van der Waals surface area contributed by atoms with E-state index in [9.17, 15) is 14.0 Å². The molecule has 1 aliphatic heterocycles. The van der Waals surface area contributed by atoms with Crippen LogP contribution in [-0.4, -0.2) is 44.8 Å². The molecule has 1 amide bonds. The summed E-state index contributed by atoms with van der Waals surface area (Å²) in [6, 6.07) is 6.15. The van der Waals surface area contributed by atoms with Gasteiger partial charge in [-0.3, -0.25) is 14.3 Å². The van der Waals surface area contributed by atoms with Gasteiger partial charge in [-0.1, -0.05) is 17.7 Å². The third-order valence-corrected chi connectivity index (χ3v) is 4.97. The minimum atomic E-state index is -0.965. The Hall–Kier alpha value is -2.41. The molecule has 138 valence electrons. The standard InChI is InChI=1S/C18H19ClFN3O3/c19-14-4-1-5-15(20)13(14)9-17(24)22-8-2-3-12(10-22)16-6-7-21-23(16)11-18(25)26/h1,4-7,12H,2-3,8-11H2,(H,25,26). The van der Waals surface area contributed by atoms with E-state index in [-0.39, 0.29) is 35.4 Å². The van der Waals surface area contributed by atoms with E-state index in [1.807, 2.05) is 0 Å². The number of rotatable bonds is 5. The summed E-state index contributed by atoms with van der Waals surface area (Å²) in [4.78, 5) is 25.3. The average molecular weight is 380 g/mol. The maximum Gasteiger partial charge on any atom is 0.325 e. The van der Waals surface area contributed by atoms with Gasteiger partial charge in [0.05, 0.1) is 6.42 Å². The number of aliphatic carboxylic acids is 1. The SMILES string of the molecule is O=C(O)Cn1nccc1C1CCCN(C(=O)Cc2c(F)cccc2Cl)C1. The van der Waals surface area contributed by atoms with Crippen molar-refractivity contribution < 1.29 is 19.1 Å². The van der Waals surface area contributed by atoms with E-state index in [0.29, 0.717) is 13.1 Å². The van der Waals surface area contributed by atoms with Gasteiger partial charge in [-0.05, 0) is 31.0 Å². The van der Waals surface area contributed by atoms with E-state index in [4.69, 9.17) is 16.7 Å². The number of carboxylic acids is 1. The largest absolute Gasteiger partial charge is 0.480 e. The Bertz CT molecular complexity index is 804. The number of hydrogen-bond acceptors (Lipinski definition) is 3. The Morgan fingerprint density at radius 3 is 2.88 bits per heavy atom. The number of piperidine rings is 1. The first-order chi connectivity index (χ1) is 12.5. The smallest absolute Gasteiger partial charge is 0.325 e. The summed E-state index contributed by atoms with van der Waals surface area (Å²) in [5, 5.41) is 13.3. The molecule has 2 aromatic rings. The highest BCUT2D eigenvalue weighted by Gasteiger charge is 2.28. The highest BCUT2D eigenvalue weighted by atomic mass is 35.5. The molecular formula is C18H19ClFN3O3. The molecule has 1 N–H and O–H groups in total. The Balaban J connectivity index is 1.71. The lowest BCUT2D eigenvalue weighted by molar-refractivity contribution is -0.138. The van der Waals surface area contributed by atoms with Crippen LogP contribution in [0.5, 0.6) is 0 Å². The maximum absolute atomic E-state index is 13.9.